The summed E-state index contributed by atoms with van der Waals surface area (Å²) in [6.45, 7) is 1.77. The Balaban J connectivity index is 1.71. The van der Waals surface area contributed by atoms with Crippen molar-refractivity contribution in [1.82, 2.24) is 9.55 Å². The van der Waals surface area contributed by atoms with Crippen LogP contribution < -0.4 is 10.9 Å². The molecular formula is C20H19ClFN3O2S. The van der Waals surface area contributed by atoms with Crippen LogP contribution >= 0.6 is 22.9 Å². The van der Waals surface area contributed by atoms with Crippen molar-refractivity contribution in [2.45, 2.75) is 45.1 Å². The first-order valence-corrected chi connectivity index (χ1v) is 10.4. The Morgan fingerprint density at radius 1 is 1.32 bits per heavy atom. The van der Waals surface area contributed by atoms with Gasteiger partial charge in [-0.2, -0.15) is 0 Å². The number of carbonyl (C=O) groups excluding carboxylic acids is 1. The number of rotatable bonds is 3. The predicted molar refractivity (Wildman–Crippen MR) is 110 cm³/mol. The second-order valence-corrected chi connectivity index (χ2v) is 8.70. The average Bonchev–Trinajstić information content (AvgIpc) is 3.02. The minimum Gasteiger partial charge on any atom is -0.319 e. The van der Waals surface area contributed by atoms with Crippen LogP contribution in [0.3, 0.4) is 0 Å². The first-order chi connectivity index (χ1) is 13.5. The molecule has 0 bridgehead atoms. The summed E-state index contributed by atoms with van der Waals surface area (Å²) in [4.78, 5) is 30.9. The van der Waals surface area contributed by atoms with Crippen molar-refractivity contribution in [3.8, 4) is 0 Å². The van der Waals surface area contributed by atoms with Crippen molar-refractivity contribution in [2.75, 3.05) is 5.32 Å². The van der Waals surface area contributed by atoms with Crippen LogP contribution in [0.4, 0.5) is 10.1 Å². The molecule has 146 valence electrons. The highest BCUT2D eigenvalue weighted by Gasteiger charge is 2.23. The largest absolute Gasteiger partial charge is 0.319 e. The molecule has 8 heteroatoms. The van der Waals surface area contributed by atoms with E-state index in [4.69, 9.17) is 11.6 Å². The lowest BCUT2D eigenvalue weighted by molar-refractivity contribution is 0.102. The van der Waals surface area contributed by atoms with Crippen molar-refractivity contribution in [1.29, 1.82) is 0 Å². The molecule has 1 aliphatic rings. The summed E-state index contributed by atoms with van der Waals surface area (Å²) in [5.41, 5.74) is 0.596. The number of carbonyl (C=O) groups is 1. The number of nitrogens with zero attached hydrogens (tertiary/aromatic N) is 2. The number of halogens is 2. The highest BCUT2D eigenvalue weighted by atomic mass is 35.5. The number of hydrogen-bond donors (Lipinski definition) is 1. The van der Waals surface area contributed by atoms with E-state index in [-0.39, 0.29) is 22.3 Å². The molecule has 1 saturated carbocycles. The normalized spacial score (nSPS) is 15.1. The summed E-state index contributed by atoms with van der Waals surface area (Å²) in [6.07, 6.45) is 6.91. The van der Waals surface area contributed by atoms with Gasteiger partial charge in [-0.1, -0.05) is 30.9 Å². The molecule has 1 N–H and O–H groups in total. The molecule has 1 fully saturated rings. The van der Waals surface area contributed by atoms with Gasteiger partial charge in [0.25, 0.3) is 11.5 Å². The highest BCUT2D eigenvalue weighted by Crippen LogP contribution is 2.31. The van der Waals surface area contributed by atoms with Gasteiger partial charge < -0.3 is 5.32 Å². The number of anilines is 1. The lowest BCUT2D eigenvalue weighted by Crippen LogP contribution is -2.26. The minimum absolute atomic E-state index is 0.0312. The number of benzene rings is 1. The van der Waals surface area contributed by atoms with Gasteiger partial charge >= 0.3 is 0 Å². The van der Waals surface area contributed by atoms with Crippen LogP contribution in [-0.2, 0) is 0 Å². The highest BCUT2D eigenvalue weighted by molar-refractivity contribution is 7.19. The zero-order valence-corrected chi connectivity index (χ0v) is 16.9. The van der Waals surface area contributed by atoms with Crippen LogP contribution in [0.15, 0.2) is 29.3 Å². The summed E-state index contributed by atoms with van der Waals surface area (Å²) in [5.74, 6) is -1.11. The molecular weight excluding hydrogens is 401 g/mol. The molecule has 5 nitrogen and oxygen atoms in total. The molecule has 0 unspecified atom stereocenters. The molecule has 0 aliphatic heterocycles. The van der Waals surface area contributed by atoms with E-state index < -0.39 is 11.7 Å². The molecule has 0 spiro atoms. The Morgan fingerprint density at radius 3 is 2.79 bits per heavy atom. The number of fused-ring (bicyclic) bond motifs is 1. The lowest BCUT2D eigenvalue weighted by atomic mass is 9.95. The fourth-order valence-electron chi connectivity index (χ4n) is 3.75. The Hall–Kier alpha value is -2.25. The van der Waals surface area contributed by atoms with E-state index in [0.717, 1.165) is 31.7 Å². The van der Waals surface area contributed by atoms with Gasteiger partial charge in [0.15, 0.2) is 0 Å². The SMILES string of the molecule is Cc1sc2c(=O)n(C3CCCCC3)cnc2c1C(=O)Nc1ccc(Cl)cc1F. The second-order valence-electron chi connectivity index (χ2n) is 7.04. The van der Waals surface area contributed by atoms with Crippen LogP contribution in [0, 0.1) is 12.7 Å². The van der Waals surface area contributed by atoms with Crippen LogP contribution in [0.5, 0.6) is 0 Å². The summed E-state index contributed by atoms with van der Waals surface area (Å²) in [7, 11) is 0. The summed E-state index contributed by atoms with van der Waals surface area (Å²) < 4.78 is 16.2. The van der Waals surface area contributed by atoms with Crippen molar-refractivity contribution >= 4 is 44.7 Å². The van der Waals surface area contributed by atoms with Crippen LogP contribution in [0.25, 0.3) is 10.2 Å². The minimum atomic E-state index is -0.620. The van der Waals surface area contributed by atoms with Gasteiger partial charge in [-0.3, -0.25) is 14.2 Å². The van der Waals surface area contributed by atoms with E-state index in [2.05, 4.69) is 10.3 Å². The van der Waals surface area contributed by atoms with Gasteiger partial charge in [-0.05, 0) is 38.0 Å². The smallest absolute Gasteiger partial charge is 0.271 e. The number of amides is 1. The zero-order chi connectivity index (χ0) is 19.8. The third-order valence-electron chi connectivity index (χ3n) is 5.17. The maximum atomic E-state index is 14.0. The van der Waals surface area contributed by atoms with Crippen LogP contribution in [0.2, 0.25) is 5.02 Å². The molecule has 1 aromatic carbocycles. The van der Waals surface area contributed by atoms with Gasteiger partial charge in [0.1, 0.15) is 16.0 Å². The molecule has 4 rings (SSSR count). The van der Waals surface area contributed by atoms with Gasteiger partial charge in [-0.25, -0.2) is 9.37 Å². The average molecular weight is 420 g/mol. The van der Waals surface area contributed by atoms with E-state index in [0.29, 0.717) is 20.7 Å². The van der Waals surface area contributed by atoms with E-state index in [9.17, 15) is 14.0 Å². The van der Waals surface area contributed by atoms with Crippen LogP contribution in [-0.4, -0.2) is 15.5 Å². The van der Waals surface area contributed by atoms with Crippen molar-refractivity contribution in [3.05, 3.63) is 56.2 Å². The first kappa shape index (κ1) is 19.1. The van der Waals surface area contributed by atoms with Crippen molar-refractivity contribution < 1.29 is 9.18 Å². The fourth-order valence-corrected chi connectivity index (χ4v) is 4.95. The standard InChI is InChI=1S/C20H19ClFN3O2S/c1-11-16(19(26)24-15-8-7-12(21)9-14(15)22)17-18(28-11)20(27)25(10-23-17)13-5-3-2-4-6-13/h7-10,13H,2-6H2,1H3,(H,24,26). The number of aryl methyl sites for hydroxylation is 1. The van der Waals surface area contributed by atoms with Crippen LogP contribution in [0.1, 0.15) is 53.4 Å². The van der Waals surface area contributed by atoms with Gasteiger partial charge in [0.05, 0.1) is 17.6 Å². The maximum Gasteiger partial charge on any atom is 0.271 e. The molecule has 1 amide bonds. The zero-order valence-electron chi connectivity index (χ0n) is 15.3. The lowest BCUT2D eigenvalue weighted by Gasteiger charge is -2.23. The third kappa shape index (κ3) is 3.44. The first-order valence-electron chi connectivity index (χ1n) is 9.22. The quantitative estimate of drug-likeness (QED) is 0.625. The fraction of sp³-hybridized carbons (Fsp3) is 0.350. The second kappa shape index (κ2) is 7.64. The molecule has 28 heavy (non-hydrogen) atoms. The number of thiophene rings is 1. The van der Waals surface area contributed by atoms with Gasteiger partial charge in [0.2, 0.25) is 0 Å². The molecule has 3 aromatic rings. The summed E-state index contributed by atoms with van der Waals surface area (Å²) in [6, 6.07) is 4.21. The number of nitrogens with one attached hydrogen (secondary N) is 1. The molecule has 0 atom stereocenters. The molecule has 2 heterocycles. The van der Waals surface area contributed by atoms with E-state index in [1.165, 1.54) is 29.9 Å². The van der Waals surface area contributed by atoms with E-state index >= 15 is 0 Å². The summed E-state index contributed by atoms with van der Waals surface area (Å²) in [5, 5.41) is 2.80. The van der Waals surface area contributed by atoms with Gasteiger partial charge in [-0.15, -0.1) is 11.3 Å². The maximum absolute atomic E-state index is 14.0. The Kier molecular flexibility index (Phi) is 5.21. The van der Waals surface area contributed by atoms with Crippen molar-refractivity contribution in [2.24, 2.45) is 0 Å². The summed E-state index contributed by atoms with van der Waals surface area (Å²) >= 11 is 7.01. The molecule has 0 radical (unpaired) electrons. The molecule has 1 aliphatic carbocycles. The Labute approximate surface area is 170 Å². The molecule has 0 saturated heterocycles. The Bertz CT molecular complexity index is 1120. The third-order valence-corrected chi connectivity index (χ3v) is 6.49. The Morgan fingerprint density at radius 2 is 2.07 bits per heavy atom. The van der Waals surface area contributed by atoms with E-state index in [1.54, 1.807) is 17.8 Å². The van der Waals surface area contributed by atoms with Crippen molar-refractivity contribution in [3.63, 3.8) is 0 Å². The predicted octanol–water partition coefficient (Wildman–Crippen LogP) is 5.32. The van der Waals surface area contributed by atoms with Gasteiger partial charge in [0, 0.05) is 15.9 Å². The molecule has 2 aromatic heterocycles. The monoisotopic (exact) mass is 419 g/mol. The topological polar surface area (TPSA) is 64.0 Å². The number of hydrogen-bond acceptors (Lipinski definition) is 4. The van der Waals surface area contributed by atoms with E-state index in [1.807, 2.05) is 0 Å². The number of aromatic nitrogens is 2.